The summed E-state index contributed by atoms with van der Waals surface area (Å²) in [5.74, 6) is -1.60. The Balaban J connectivity index is 1.46. The lowest BCUT2D eigenvalue weighted by atomic mass is 10.0. The second kappa shape index (κ2) is 15.5. The number of thioether (sulfide) groups is 1. The maximum absolute atomic E-state index is 12.5. The van der Waals surface area contributed by atoms with E-state index in [4.69, 9.17) is 14.6 Å². The first-order valence-electron chi connectivity index (χ1n) is 13.8. The lowest BCUT2D eigenvalue weighted by Crippen LogP contribution is -2.31. The number of carboxylic acid groups (broad SMARTS) is 2. The number of unbranched alkanes of at least 4 members (excludes halogenated alkanes) is 2. The number of benzene rings is 2. The van der Waals surface area contributed by atoms with E-state index >= 15 is 0 Å². The molecule has 11 heteroatoms. The van der Waals surface area contributed by atoms with Gasteiger partial charge in [-0.1, -0.05) is 42.8 Å². The van der Waals surface area contributed by atoms with E-state index in [-0.39, 0.29) is 43.1 Å². The van der Waals surface area contributed by atoms with Crippen LogP contribution in [0.15, 0.2) is 71.9 Å². The van der Waals surface area contributed by atoms with Gasteiger partial charge in [-0.2, -0.15) is 0 Å². The summed E-state index contributed by atoms with van der Waals surface area (Å²) in [5.41, 5.74) is 3.15. The van der Waals surface area contributed by atoms with Crippen molar-refractivity contribution in [2.24, 2.45) is 0 Å². The third kappa shape index (κ3) is 9.12. The summed E-state index contributed by atoms with van der Waals surface area (Å²) in [6.45, 7) is -0.0619. The van der Waals surface area contributed by atoms with E-state index in [2.05, 4.69) is 10.3 Å². The number of carbonyl (C=O) groups is 3. The maximum Gasteiger partial charge on any atom is 0.338 e. The van der Waals surface area contributed by atoms with Gasteiger partial charge in [-0.25, -0.2) is 9.78 Å². The smallest absolute Gasteiger partial charge is 0.338 e. The Morgan fingerprint density at radius 2 is 1.71 bits per heavy atom. The molecule has 3 atom stereocenters. The van der Waals surface area contributed by atoms with Crippen LogP contribution in [0.2, 0.25) is 0 Å². The summed E-state index contributed by atoms with van der Waals surface area (Å²) >= 11 is 1.31. The highest BCUT2D eigenvalue weighted by molar-refractivity contribution is 7.99. The first-order chi connectivity index (χ1) is 20.3. The van der Waals surface area contributed by atoms with Crippen molar-refractivity contribution in [1.82, 2.24) is 4.98 Å². The zero-order chi connectivity index (χ0) is 29.9. The van der Waals surface area contributed by atoms with Crippen molar-refractivity contribution in [3.05, 3.63) is 89.1 Å². The lowest BCUT2D eigenvalue weighted by molar-refractivity contribution is -0.245. The van der Waals surface area contributed by atoms with Crippen molar-refractivity contribution >= 4 is 35.3 Å². The number of hydrogen-bond acceptors (Lipinski definition) is 8. The standard InChI is InChI=1S/C31H34N2O8S/c34-18-20-11-13-21(14-12-20)26-17-24(19-42-29-25(30(38)39)8-5-15-32-29)40-31(41-26)22-6-4-7-23(16-22)33-27(35)9-2-1-3-10-28(36)37/h4-8,11-16,24,26,31,34H,1-3,9-10,17-19H2,(H,33,35)(H,36,37)(H,38,39). The van der Waals surface area contributed by atoms with Crippen molar-refractivity contribution in [3.63, 3.8) is 0 Å². The van der Waals surface area contributed by atoms with Gasteiger partial charge in [0, 0.05) is 42.5 Å². The molecule has 0 radical (unpaired) electrons. The van der Waals surface area contributed by atoms with Gasteiger partial charge in [0.05, 0.1) is 24.4 Å². The fourth-order valence-electron chi connectivity index (χ4n) is 4.59. The van der Waals surface area contributed by atoms with Crippen molar-refractivity contribution in [3.8, 4) is 0 Å². The zero-order valence-corrected chi connectivity index (χ0v) is 23.8. The lowest BCUT2D eigenvalue weighted by Gasteiger charge is -2.36. The number of amides is 1. The van der Waals surface area contributed by atoms with Crippen LogP contribution in [0.4, 0.5) is 5.69 Å². The van der Waals surface area contributed by atoms with Crippen LogP contribution in [-0.2, 0) is 25.7 Å². The summed E-state index contributed by atoms with van der Waals surface area (Å²) in [7, 11) is 0. The summed E-state index contributed by atoms with van der Waals surface area (Å²) < 4.78 is 12.7. The summed E-state index contributed by atoms with van der Waals surface area (Å²) in [6, 6.07) is 17.9. The van der Waals surface area contributed by atoms with Gasteiger partial charge in [0.25, 0.3) is 0 Å². The van der Waals surface area contributed by atoms with Crippen LogP contribution >= 0.6 is 11.8 Å². The molecule has 222 valence electrons. The molecule has 0 saturated carbocycles. The van der Waals surface area contributed by atoms with E-state index in [1.54, 1.807) is 30.5 Å². The van der Waals surface area contributed by atoms with Gasteiger partial charge in [0.15, 0.2) is 6.29 Å². The summed E-state index contributed by atoms with van der Waals surface area (Å²) in [6.07, 6.45) is 2.89. The number of carbonyl (C=O) groups excluding carboxylic acids is 1. The highest BCUT2D eigenvalue weighted by Crippen LogP contribution is 2.40. The number of aromatic carboxylic acids is 1. The predicted octanol–water partition coefficient (Wildman–Crippen LogP) is 5.58. The van der Waals surface area contributed by atoms with Crippen LogP contribution in [0.3, 0.4) is 0 Å². The molecule has 1 saturated heterocycles. The fourth-order valence-corrected chi connectivity index (χ4v) is 5.59. The predicted molar refractivity (Wildman–Crippen MR) is 156 cm³/mol. The van der Waals surface area contributed by atoms with Crippen LogP contribution in [0.25, 0.3) is 0 Å². The number of aliphatic hydroxyl groups excluding tert-OH is 1. The van der Waals surface area contributed by atoms with E-state index in [0.717, 1.165) is 11.1 Å². The third-order valence-corrected chi connectivity index (χ3v) is 7.90. The van der Waals surface area contributed by atoms with Crippen LogP contribution in [0.1, 0.15) is 78.0 Å². The van der Waals surface area contributed by atoms with Crippen LogP contribution in [0, 0.1) is 0 Å². The molecule has 1 aliphatic heterocycles. The molecular weight excluding hydrogens is 560 g/mol. The number of carboxylic acids is 2. The molecule has 2 heterocycles. The number of nitrogens with one attached hydrogen (secondary N) is 1. The fraction of sp³-hybridized carbons (Fsp3) is 0.355. The molecule has 0 aliphatic carbocycles. The Kier molecular flexibility index (Phi) is 11.5. The minimum absolute atomic E-state index is 0.0619. The number of aliphatic carboxylic acids is 1. The van der Waals surface area contributed by atoms with Gasteiger partial charge in [-0.15, -0.1) is 11.8 Å². The van der Waals surface area contributed by atoms with Gasteiger partial charge in [-0.3, -0.25) is 9.59 Å². The molecule has 3 unspecified atom stereocenters. The monoisotopic (exact) mass is 594 g/mol. The first kappa shape index (κ1) is 31.2. The summed E-state index contributed by atoms with van der Waals surface area (Å²) in [5, 5.41) is 31.0. The van der Waals surface area contributed by atoms with E-state index in [0.29, 0.717) is 47.7 Å². The molecule has 3 aromatic rings. The van der Waals surface area contributed by atoms with Crippen molar-refractivity contribution < 1.29 is 39.2 Å². The average Bonchev–Trinajstić information content (AvgIpc) is 3.00. The molecule has 4 N–H and O–H groups in total. The van der Waals surface area contributed by atoms with E-state index in [1.165, 1.54) is 17.8 Å². The Morgan fingerprint density at radius 3 is 2.45 bits per heavy atom. The minimum atomic E-state index is -1.04. The molecule has 4 rings (SSSR count). The number of nitrogens with zero attached hydrogens (tertiary/aromatic N) is 1. The molecule has 42 heavy (non-hydrogen) atoms. The van der Waals surface area contributed by atoms with E-state index in [9.17, 15) is 24.6 Å². The summed E-state index contributed by atoms with van der Waals surface area (Å²) in [4.78, 5) is 39.0. The molecule has 1 aromatic heterocycles. The van der Waals surface area contributed by atoms with E-state index in [1.807, 2.05) is 30.3 Å². The van der Waals surface area contributed by atoms with Crippen molar-refractivity contribution in [2.75, 3.05) is 11.1 Å². The number of pyridine rings is 1. The first-order valence-corrected chi connectivity index (χ1v) is 14.7. The molecule has 0 spiro atoms. The Hall–Kier alpha value is -3.77. The minimum Gasteiger partial charge on any atom is -0.481 e. The number of rotatable bonds is 14. The Bertz CT molecular complexity index is 1370. The molecule has 1 amide bonds. The van der Waals surface area contributed by atoms with Gasteiger partial charge < -0.3 is 30.1 Å². The molecular formula is C31H34N2O8S. The number of aliphatic hydroxyl groups is 1. The van der Waals surface area contributed by atoms with Gasteiger partial charge >= 0.3 is 11.9 Å². The van der Waals surface area contributed by atoms with Crippen LogP contribution in [-0.4, -0.2) is 50.0 Å². The second-order valence-electron chi connectivity index (χ2n) is 9.95. The van der Waals surface area contributed by atoms with Gasteiger partial charge in [0.2, 0.25) is 5.91 Å². The maximum atomic E-state index is 12.5. The van der Waals surface area contributed by atoms with Gasteiger partial charge in [0.1, 0.15) is 5.03 Å². The molecule has 0 bridgehead atoms. The van der Waals surface area contributed by atoms with E-state index < -0.39 is 18.2 Å². The number of anilines is 1. The van der Waals surface area contributed by atoms with Gasteiger partial charge in [-0.05, 0) is 48.2 Å². The Labute approximate surface area is 248 Å². The van der Waals surface area contributed by atoms with Crippen LogP contribution in [0.5, 0.6) is 0 Å². The number of ether oxygens (including phenoxy) is 2. The second-order valence-corrected chi connectivity index (χ2v) is 11.0. The highest BCUT2D eigenvalue weighted by Gasteiger charge is 2.32. The van der Waals surface area contributed by atoms with Crippen molar-refractivity contribution in [1.29, 1.82) is 0 Å². The molecule has 2 aromatic carbocycles. The average molecular weight is 595 g/mol. The quantitative estimate of drug-likeness (QED) is 0.137. The number of aromatic nitrogens is 1. The highest BCUT2D eigenvalue weighted by atomic mass is 32.2. The molecule has 10 nitrogen and oxygen atoms in total. The Morgan fingerprint density at radius 1 is 0.929 bits per heavy atom. The zero-order valence-electron chi connectivity index (χ0n) is 23.0. The SMILES string of the molecule is O=C(O)CCCCCC(=O)Nc1cccc(C2OC(CSc3ncccc3C(=O)O)CC(c3ccc(CO)cc3)O2)c1. The molecule has 1 aliphatic rings. The number of hydrogen-bond donors (Lipinski definition) is 4. The largest absolute Gasteiger partial charge is 0.481 e. The normalized spacial score (nSPS) is 18.4. The topological polar surface area (TPSA) is 155 Å². The van der Waals surface area contributed by atoms with Crippen molar-refractivity contribution in [2.45, 2.75) is 68.7 Å². The van der Waals surface area contributed by atoms with Crippen LogP contribution < -0.4 is 5.32 Å². The third-order valence-electron chi connectivity index (χ3n) is 6.76. The molecule has 1 fully saturated rings.